The molecule has 0 fully saturated rings. The van der Waals surface area contributed by atoms with Crippen molar-refractivity contribution in [3.05, 3.63) is 59.4 Å². The van der Waals surface area contributed by atoms with Crippen LogP contribution in [0.15, 0.2) is 36.7 Å². The van der Waals surface area contributed by atoms with E-state index in [0.29, 0.717) is 0 Å². The molecule has 19 heavy (non-hydrogen) atoms. The molecule has 1 N–H and O–H groups in total. The number of nitrogens with zero attached hydrogens (tertiary/aromatic N) is 2. The molecule has 1 amide bonds. The maximum absolute atomic E-state index is 13.0. The van der Waals surface area contributed by atoms with E-state index in [1.807, 2.05) is 6.07 Å². The molecule has 0 saturated carbocycles. The molecule has 4 nitrogen and oxygen atoms in total. The van der Waals surface area contributed by atoms with E-state index in [1.165, 1.54) is 24.5 Å². The minimum atomic E-state index is -1.07. The van der Waals surface area contributed by atoms with Crippen molar-refractivity contribution >= 4 is 11.6 Å². The normalized spacial score (nSPS) is 9.74. The lowest BCUT2D eigenvalue weighted by Crippen LogP contribution is -2.14. The molecule has 0 aliphatic heterocycles. The number of hydrogen-bond donors (Lipinski definition) is 1. The van der Waals surface area contributed by atoms with Crippen LogP contribution in [0.5, 0.6) is 0 Å². The highest BCUT2D eigenvalue weighted by atomic mass is 19.2. The van der Waals surface area contributed by atoms with Crippen LogP contribution >= 0.6 is 0 Å². The van der Waals surface area contributed by atoms with Gasteiger partial charge in [0.25, 0.3) is 5.91 Å². The van der Waals surface area contributed by atoms with E-state index in [1.54, 1.807) is 0 Å². The number of hydrogen-bond acceptors (Lipinski definition) is 3. The highest BCUT2D eigenvalue weighted by Crippen LogP contribution is 2.15. The van der Waals surface area contributed by atoms with Gasteiger partial charge in [-0.1, -0.05) is 0 Å². The maximum Gasteiger partial charge on any atom is 0.258 e. The van der Waals surface area contributed by atoms with Gasteiger partial charge in [0.05, 0.1) is 11.1 Å². The van der Waals surface area contributed by atoms with Gasteiger partial charge in [-0.25, -0.2) is 8.78 Å². The molecule has 94 valence electrons. The second-order valence-electron chi connectivity index (χ2n) is 3.62. The monoisotopic (exact) mass is 259 g/mol. The molecule has 0 spiro atoms. The molecule has 2 aromatic rings. The Morgan fingerprint density at radius 1 is 1.26 bits per heavy atom. The number of benzene rings is 1. The number of rotatable bonds is 2. The van der Waals surface area contributed by atoms with Gasteiger partial charge in [0.15, 0.2) is 11.6 Å². The lowest BCUT2D eigenvalue weighted by Gasteiger charge is -2.06. The first kappa shape index (κ1) is 12.6. The van der Waals surface area contributed by atoms with Gasteiger partial charge in [-0.3, -0.25) is 9.78 Å². The summed E-state index contributed by atoms with van der Waals surface area (Å²) in [6.45, 7) is 0. The van der Waals surface area contributed by atoms with Crippen molar-refractivity contribution in [2.45, 2.75) is 0 Å². The van der Waals surface area contributed by atoms with Crippen molar-refractivity contribution in [1.29, 1.82) is 5.26 Å². The van der Waals surface area contributed by atoms with Crippen LogP contribution in [0.4, 0.5) is 14.5 Å². The molecule has 0 radical (unpaired) electrons. The molecule has 6 heteroatoms. The summed E-state index contributed by atoms with van der Waals surface area (Å²) in [5, 5.41) is 11.2. The average Bonchev–Trinajstić information content (AvgIpc) is 2.43. The number of amides is 1. The van der Waals surface area contributed by atoms with Crippen LogP contribution in [-0.4, -0.2) is 10.9 Å². The van der Waals surface area contributed by atoms with E-state index < -0.39 is 17.5 Å². The van der Waals surface area contributed by atoms with Crippen LogP contribution in [-0.2, 0) is 0 Å². The van der Waals surface area contributed by atoms with Crippen molar-refractivity contribution in [3.8, 4) is 6.07 Å². The highest BCUT2D eigenvalue weighted by Gasteiger charge is 2.12. The third-order valence-electron chi connectivity index (χ3n) is 2.36. The van der Waals surface area contributed by atoms with Gasteiger partial charge >= 0.3 is 0 Å². The van der Waals surface area contributed by atoms with E-state index in [9.17, 15) is 13.6 Å². The Balaban J connectivity index is 2.26. The first-order valence-electron chi connectivity index (χ1n) is 5.22. The average molecular weight is 259 g/mol. The second-order valence-corrected chi connectivity index (χ2v) is 3.62. The fourth-order valence-corrected chi connectivity index (χ4v) is 1.45. The summed E-state index contributed by atoms with van der Waals surface area (Å²) in [5.41, 5.74) is 0.307. The number of nitrogens with one attached hydrogen (secondary N) is 1. The smallest absolute Gasteiger partial charge is 0.258 e. The van der Waals surface area contributed by atoms with Gasteiger partial charge < -0.3 is 5.32 Å². The lowest BCUT2D eigenvalue weighted by molar-refractivity contribution is 0.102. The number of carbonyl (C=O) groups is 1. The molecule has 1 heterocycles. The summed E-state index contributed by atoms with van der Waals surface area (Å²) < 4.78 is 25.7. The highest BCUT2D eigenvalue weighted by molar-refractivity contribution is 6.05. The van der Waals surface area contributed by atoms with Gasteiger partial charge in [0.1, 0.15) is 6.07 Å². The van der Waals surface area contributed by atoms with Crippen LogP contribution < -0.4 is 5.32 Å². The van der Waals surface area contributed by atoms with Crippen LogP contribution in [0.2, 0.25) is 0 Å². The second kappa shape index (κ2) is 5.23. The quantitative estimate of drug-likeness (QED) is 0.901. The van der Waals surface area contributed by atoms with E-state index in [-0.39, 0.29) is 16.8 Å². The lowest BCUT2D eigenvalue weighted by atomic mass is 10.1. The number of pyridine rings is 1. The van der Waals surface area contributed by atoms with Crippen LogP contribution in [0.1, 0.15) is 15.9 Å². The molecule has 0 atom stereocenters. The van der Waals surface area contributed by atoms with Crippen molar-refractivity contribution < 1.29 is 13.6 Å². The SMILES string of the molecule is N#Cc1ccncc1C(=O)Nc1ccc(F)c(F)c1. The van der Waals surface area contributed by atoms with Gasteiger partial charge in [-0.2, -0.15) is 5.26 Å². The van der Waals surface area contributed by atoms with E-state index in [2.05, 4.69) is 10.3 Å². The van der Waals surface area contributed by atoms with Crippen molar-refractivity contribution in [1.82, 2.24) is 4.98 Å². The summed E-state index contributed by atoms with van der Waals surface area (Å²) in [4.78, 5) is 15.6. The molecule has 1 aromatic heterocycles. The summed E-state index contributed by atoms with van der Waals surface area (Å²) in [6, 6.07) is 6.22. The summed E-state index contributed by atoms with van der Waals surface area (Å²) in [7, 11) is 0. The number of anilines is 1. The Bertz CT molecular complexity index is 680. The first-order chi connectivity index (χ1) is 9.11. The summed E-state index contributed by atoms with van der Waals surface area (Å²) in [5.74, 6) is -2.68. The van der Waals surface area contributed by atoms with E-state index in [4.69, 9.17) is 5.26 Å². The van der Waals surface area contributed by atoms with Crippen molar-refractivity contribution in [3.63, 3.8) is 0 Å². The minimum absolute atomic E-state index is 0.0646. The maximum atomic E-state index is 13.0. The third-order valence-corrected chi connectivity index (χ3v) is 2.36. The van der Waals surface area contributed by atoms with Gasteiger partial charge in [0.2, 0.25) is 0 Å². The third kappa shape index (κ3) is 2.72. The largest absolute Gasteiger partial charge is 0.322 e. The van der Waals surface area contributed by atoms with E-state index >= 15 is 0 Å². The Hall–Kier alpha value is -2.81. The molecule has 0 saturated heterocycles. The zero-order valence-corrected chi connectivity index (χ0v) is 9.52. The molecule has 0 bridgehead atoms. The van der Waals surface area contributed by atoms with Crippen LogP contribution in [0.3, 0.4) is 0 Å². The molecular weight excluding hydrogens is 252 g/mol. The standard InChI is InChI=1S/C13H7F2N3O/c14-11-2-1-9(5-12(11)15)18-13(19)10-7-17-4-3-8(10)6-16/h1-5,7H,(H,18,19). The number of nitriles is 1. The Morgan fingerprint density at radius 3 is 2.74 bits per heavy atom. The van der Waals surface area contributed by atoms with E-state index in [0.717, 1.165) is 12.1 Å². The van der Waals surface area contributed by atoms with Crippen LogP contribution in [0, 0.1) is 23.0 Å². The predicted molar refractivity (Wildman–Crippen MR) is 63.3 cm³/mol. The fraction of sp³-hybridized carbons (Fsp3) is 0. The molecule has 1 aromatic carbocycles. The zero-order chi connectivity index (χ0) is 13.8. The molecule has 0 aliphatic carbocycles. The number of halogens is 2. The predicted octanol–water partition coefficient (Wildman–Crippen LogP) is 2.48. The van der Waals surface area contributed by atoms with Crippen molar-refractivity contribution in [2.75, 3.05) is 5.32 Å². The van der Waals surface area contributed by atoms with Crippen LogP contribution in [0.25, 0.3) is 0 Å². The topological polar surface area (TPSA) is 65.8 Å². The molecule has 0 unspecified atom stereocenters. The Kier molecular flexibility index (Phi) is 3.48. The summed E-state index contributed by atoms with van der Waals surface area (Å²) in [6.07, 6.45) is 2.61. The zero-order valence-electron chi connectivity index (χ0n) is 9.52. The van der Waals surface area contributed by atoms with Gasteiger partial charge in [0, 0.05) is 24.1 Å². The fourth-order valence-electron chi connectivity index (χ4n) is 1.45. The van der Waals surface area contributed by atoms with Gasteiger partial charge in [-0.15, -0.1) is 0 Å². The van der Waals surface area contributed by atoms with Gasteiger partial charge in [-0.05, 0) is 18.2 Å². The Morgan fingerprint density at radius 2 is 2.05 bits per heavy atom. The molecule has 2 rings (SSSR count). The Labute approximate surface area is 107 Å². The number of carbonyl (C=O) groups excluding carboxylic acids is 1. The molecular formula is C13H7F2N3O. The summed E-state index contributed by atoms with van der Waals surface area (Å²) >= 11 is 0. The number of aromatic nitrogens is 1. The first-order valence-corrected chi connectivity index (χ1v) is 5.22. The minimum Gasteiger partial charge on any atom is -0.322 e. The van der Waals surface area contributed by atoms with Crippen molar-refractivity contribution in [2.24, 2.45) is 0 Å². The molecule has 0 aliphatic rings.